The maximum Gasteiger partial charge on any atom is 0.240 e. The van der Waals surface area contributed by atoms with E-state index in [4.69, 9.17) is 4.52 Å². The number of hydrogen-bond acceptors (Lipinski definition) is 5. The molecule has 2 N–H and O–H groups in total. The molecule has 7 nitrogen and oxygen atoms in total. The lowest BCUT2D eigenvalue weighted by atomic mass is 9.92. The molecule has 0 radical (unpaired) electrons. The molecule has 0 aliphatic heterocycles. The summed E-state index contributed by atoms with van der Waals surface area (Å²) in [6.45, 7) is 5.95. The summed E-state index contributed by atoms with van der Waals surface area (Å²) in [4.78, 5) is 12.3. The summed E-state index contributed by atoms with van der Waals surface area (Å²) in [5, 5.41) is 6.45. The molecule has 1 aliphatic rings. The monoisotopic (exact) mass is 405 g/mol. The highest BCUT2D eigenvalue weighted by atomic mass is 32.2. The van der Waals surface area contributed by atoms with E-state index in [9.17, 15) is 13.2 Å². The van der Waals surface area contributed by atoms with Crippen molar-refractivity contribution < 1.29 is 17.7 Å². The highest BCUT2D eigenvalue weighted by Crippen LogP contribution is 2.25. The summed E-state index contributed by atoms with van der Waals surface area (Å²) in [5.74, 6) is 0.658. The molecular formula is C20H27N3O4S. The third kappa shape index (κ3) is 4.99. The van der Waals surface area contributed by atoms with Gasteiger partial charge < -0.3 is 9.84 Å². The first-order chi connectivity index (χ1) is 13.1. The van der Waals surface area contributed by atoms with E-state index in [1.54, 1.807) is 18.2 Å². The molecule has 0 fully saturated rings. The molecule has 1 aromatic carbocycles. The Hall–Kier alpha value is -2.19. The number of amides is 1. The van der Waals surface area contributed by atoms with Gasteiger partial charge in [0.25, 0.3) is 0 Å². The number of nitrogens with one attached hydrogen (secondary N) is 2. The van der Waals surface area contributed by atoms with E-state index in [2.05, 4.69) is 15.2 Å². The lowest BCUT2D eigenvalue weighted by Crippen LogP contribution is -2.28. The van der Waals surface area contributed by atoms with Crippen LogP contribution in [-0.2, 0) is 33.1 Å². The largest absolute Gasteiger partial charge is 0.359 e. The lowest BCUT2D eigenvalue weighted by molar-refractivity contribution is -0.116. The number of fused-ring (bicyclic) bond motifs is 1. The molecule has 1 aromatic heterocycles. The summed E-state index contributed by atoms with van der Waals surface area (Å²) in [6.07, 6.45) is 4.15. The minimum Gasteiger partial charge on any atom is -0.359 e. The van der Waals surface area contributed by atoms with Crippen molar-refractivity contribution in [1.29, 1.82) is 0 Å². The summed E-state index contributed by atoms with van der Waals surface area (Å²) in [6, 6.07) is 6.96. The third-order valence-electron chi connectivity index (χ3n) is 4.79. The van der Waals surface area contributed by atoms with E-state index in [0.717, 1.165) is 31.2 Å². The van der Waals surface area contributed by atoms with Crippen LogP contribution in [-0.4, -0.2) is 26.0 Å². The summed E-state index contributed by atoms with van der Waals surface area (Å²) >= 11 is 0. The van der Waals surface area contributed by atoms with Crippen LogP contribution in [0.3, 0.4) is 0 Å². The molecule has 0 bridgehead atoms. The Morgan fingerprint density at radius 2 is 1.86 bits per heavy atom. The van der Waals surface area contributed by atoms with Crippen molar-refractivity contribution in [2.75, 3.05) is 11.9 Å². The fraction of sp³-hybridized carbons (Fsp3) is 0.500. The number of benzene rings is 1. The lowest BCUT2D eigenvalue weighted by Gasteiger charge is -2.16. The van der Waals surface area contributed by atoms with Gasteiger partial charge in [0.15, 0.2) is 5.82 Å². The van der Waals surface area contributed by atoms with Gasteiger partial charge in [-0.2, -0.15) is 0 Å². The van der Waals surface area contributed by atoms with Crippen molar-refractivity contribution in [3.05, 3.63) is 41.2 Å². The molecule has 3 rings (SSSR count). The van der Waals surface area contributed by atoms with Crippen molar-refractivity contribution in [2.24, 2.45) is 0 Å². The Bertz CT molecular complexity index is 958. The quantitative estimate of drug-likeness (QED) is 0.769. The number of nitrogens with zero attached hydrogens (tertiary/aromatic N) is 1. The summed E-state index contributed by atoms with van der Waals surface area (Å²) in [7, 11) is -3.64. The maximum absolute atomic E-state index is 12.5. The minimum absolute atomic E-state index is 0.00187. The molecule has 0 spiro atoms. The highest BCUT2D eigenvalue weighted by molar-refractivity contribution is 7.89. The predicted octanol–water partition coefficient (Wildman–Crippen LogP) is 3.16. The van der Waals surface area contributed by atoms with Gasteiger partial charge in [-0.25, -0.2) is 13.1 Å². The van der Waals surface area contributed by atoms with Gasteiger partial charge in [-0.1, -0.05) is 32.0 Å². The molecule has 1 heterocycles. The van der Waals surface area contributed by atoms with Crippen LogP contribution >= 0.6 is 0 Å². The number of carbonyl (C=O) groups excluding carboxylic acids is 1. The topological polar surface area (TPSA) is 101 Å². The highest BCUT2D eigenvalue weighted by Gasteiger charge is 2.21. The van der Waals surface area contributed by atoms with Gasteiger partial charge in [0.1, 0.15) is 5.76 Å². The zero-order chi connectivity index (χ0) is 20.4. The first kappa shape index (κ1) is 20.5. The van der Waals surface area contributed by atoms with Crippen LogP contribution in [0.2, 0.25) is 0 Å². The van der Waals surface area contributed by atoms with Gasteiger partial charge in [-0.05, 0) is 48.9 Å². The zero-order valence-corrected chi connectivity index (χ0v) is 17.4. The zero-order valence-electron chi connectivity index (χ0n) is 16.5. The van der Waals surface area contributed by atoms with Crippen molar-refractivity contribution >= 4 is 21.7 Å². The Balaban J connectivity index is 1.53. The molecule has 2 aromatic rings. The molecular weight excluding hydrogens is 378 g/mol. The van der Waals surface area contributed by atoms with Crippen LogP contribution in [0, 0.1) is 0 Å². The number of carbonyl (C=O) groups is 1. The number of rotatable bonds is 6. The van der Waals surface area contributed by atoms with Crippen LogP contribution in [0.4, 0.5) is 5.82 Å². The van der Waals surface area contributed by atoms with Crippen LogP contribution in [0.25, 0.3) is 0 Å². The van der Waals surface area contributed by atoms with E-state index in [-0.39, 0.29) is 29.2 Å². The second kappa shape index (κ2) is 8.05. The number of aryl methyl sites for hydroxylation is 2. The van der Waals surface area contributed by atoms with Gasteiger partial charge in [-0.15, -0.1) is 0 Å². The first-order valence-corrected chi connectivity index (χ1v) is 11.0. The molecule has 28 heavy (non-hydrogen) atoms. The van der Waals surface area contributed by atoms with E-state index >= 15 is 0 Å². The fourth-order valence-corrected chi connectivity index (χ4v) is 4.23. The predicted molar refractivity (Wildman–Crippen MR) is 107 cm³/mol. The van der Waals surface area contributed by atoms with E-state index in [0.29, 0.717) is 11.6 Å². The van der Waals surface area contributed by atoms with Gasteiger partial charge in [-0.3, -0.25) is 4.79 Å². The molecule has 0 unspecified atom stereocenters. The van der Waals surface area contributed by atoms with Crippen molar-refractivity contribution in [2.45, 2.75) is 63.2 Å². The number of aromatic nitrogens is 1. The molecule has 0 saturated heterocycles. The maximum atomic E-state index is 12.5. The number of sulfonamides is 1. The number of anilines is 1. The summed E-state index contributed by atoms with van der Waals surface area (Å²) in [5.41, 5.74) is 2.12. The molecule has 0 saturated carbocycles. The van der Waals surface area contributed by atoms with E-state index < -0.39 is 10.0 Å². The van der Waals surface area contributed by atoms with E-state index in [1.165, 1.54) is 5.56 Å². The van der Waals surface area contributed by atoms with Crippen molar-refractivity contribution in [1.82, 2.24) is 9.88 Å². The first-order valence-electron chi connectivity index (χ1n) is 9.54. The third-order valence-corrected chi connectivity index (χ3v) is 6.25. The van der Waals surface area contributed by atoms with Crippen LogP contribution in [0.1, 0.15) is 56.9 Å². The molecule has 8 heteroatoms. The van der Waals surface area contributed by atoms with Crippen LogP contribution in [0.5, 0.6) is 0 Å². The molecule has 152 valence electrons. The molecule has 1 aliphatic carbocycles. The van der Waals surface area contributed by atoms with E-state index in [1.807, 2.05) is 26.8 Å². The molecule has 1 amide bonds. The van der Waals surface area contributed by atoms with Gasteiger partial charge in [0, 0.05) is 24.4 Å². The normalized spacial score (nSPS) is 14.5. The van der Waals surface area contributed by atoms with Gasteiger partial charge in [0.2, 0.25) is 15.9 Å². The Morgan fingerprint density at radius 1 is 1.14 bits per heavy atom. The Kier molecular flexibility index (Phi) is 5.90. The fourth-order valence-electron chi connectivity index (χ4n) is 3.15. The minimum atomic E-state index is -3.64. The average molecular weight is 406 g/mol. The smallest absolute Gasteiger partial charge is 0.240 e. The second-order valence-electron chi connectivity index (χ2n) is 8.16. The van der Waals surface area contributed by atoms with Crippen molar-refractivity contribution in [3.8, 4) is 0 Å². The Labute approximate surface area is 165 Å². The van der Waals surface area contributed by atoms with Crippen LogP contribution < -0.4 is 10.0 Å². The molecule has 0 atom stereocenters. The Morgan fingerprint density at radius 3 is 2.54 bits per heavy atom. The second-order valence-corrected chi connectivity index (χ2v) is 9.93. The van der Waals surface area contributed by atoms with Crippen LogP contribution in [0.15, 0.2) is 33.7 Å². The standard InChI is InChI=1S/C20H27N3O4S/c1-20(2,3)17-13-18(23-27-17)22-19(24)10-11-21-28(25,26)16-9-8-14-6-4-5-7-15(14)12-16/h8-9,12-13,21H,4-7,10-11H2,1-3H3,(H,22,23,24). The SMILES string of the molecule is CC(C)(C)c1cc(NC(=O)CCNS(=O)(=O)c2ccc3c(c2)CCCC3)no1. The van der Waals surface area contributed by atoms with Gasteiger partial charge >= 0.3 is 0 Å². The van der Waals surface area contributed by atoms with Gasteiger partial charge in [0.05, 0.1) is 4.90 Å². The van der Waals surface area contributed by atoms with Crippen molar-refractivity contribution in [3.63, 3.8) is 0 Å². The summed E-state index contributed by atoms with van der Waals surface area (Å²) < 4.78 is 32.7. The number of hydrogen-bond donors (Lipinski definition) is 2. The average Bonchev–Trinajstić information content (AvgIpc) is 3.10.